The number of anilines is 1. The van der Waals surface area contributed by atoms with Gasteiger partial charge in [0.25, 0.3) is 0 Å². The van der Waals surface area contributed by atoms with Crippen LogP contribution in [0.2, 0.25) is 0 Å². The summed E-state index contributed by atoms with van der Waals surface area (Å²) in [6.07, 6.45) is 8.30. The quantitative estimate of drug-likeness (QED) is 0.863. The zero-order chi connectivity index (χ0) is 14.9. The molecule has 1 atom stereocenters. The van der Waals surface area contributed by atoms with Gasteiger partial charge in [0.2, 0.25) is 5.13 Å². The third kappa shape index (κ3) is 3.04. The maximum Gasteiger partial charge on any atom is 0.316 e. The van der Waals surface area contributed by atoms with E-state index in [0.29, 0.717) is 11.9 Å². The van der Waals surface area contributed by atoms with Crippen LogP contribution in [-0.2, 0) is 0 Å². The Bertz CT molecular complexity index is 640. The van der Waals surface area contributed by atoms with Gasteiger partial charge in [0, 0.05) is 36.4 Å². The molecule has 0 amide bonds. The Labute approximate surface area is 133 Å². The van der Waals surface area contributed by atoms with Gasteiger partial charge in [-0.05, 0) is 38.2 Å². The third-order valence-electron chi connectivity index (χ3n) is 4.05. The van der Waals surface area contributed by atoms with Crippen LogP contribution in [-0.4, -0.2) is 38.5 Å². The van der Waals surface area contributed by atoms with Crippen LogP contribution in [0.1, 0.15) is 43.0 Å². The molecule has 0 aromatic carbocycles. The van der Waals surface area contributed by atoms with Gasteiger partial charge in [-0.15, -0.1) is 0 Å². The van der Waals surface area contributed by atoms with Gasteiger partial charge in [0.15, 0.2) is 0 Å². The highest BCUT2D eigenvalue weighted by Gasteiger charge is 2.30. The van der Waals surface area contributed by atoms with Gasteiger partial charge in [-0.2, -0.15) is 4.37 Å². The Kier molecular flexibility index (Phi) is 3.65. The van der Waals surface area contributed by atoms with Crippen molar-refractivity contribution in [3.05, 3.63) is 23.8 Å². The Balaban J connectivity index is 1.41. The van der Waals surface area contributed by atoms with Gasteiger partial charge in [0.05, 0.1) is 6.54 Å². The summed E-state index contributed by atoms with van der Waals surface area (Å²) in [6.45, 7) is 3.82. The van der Waals surface area contributed by atoms with Crippen molar-refractivity contribution in [1.29, 1.82) is 0 Å². The van der Waals surface area contributed by atoms with Crippen LogP contribution in [0.25, 0.3) is 0 Å². The molecular weight excluding hydrogens is 298 g/mol. The van der Waals surface area contributed by atoms with Crippen LogP contribution in [0.4, 0.5) is 5.13 Å². The number of hydrogen-bond donors (Lipinski definition) is 0. The molecule has 1 saturated carbocycles. The number of aryl methyl sites for hydroxylation is 1. The van der Waals surface area contributed by atoms with E-state index in [9.17, 15) is 0 Å². The molecule has 7 heteroatoms. The maximum atomic E-state index is 5.92. The second kappa shape index (κ2) is 5.79. The van der Waals surface area contributed by atoms with E-state index >= 15 is 0 Å². The normalized spacial score (nSPS) is 21.9. The number of aromatic nitrogens is 4. The van der Waals surface area contributed by atoms with Crippen molar-refractivity contribution in [1.82, 2.24) is 19.3 Å². The summed E-state index contributed by atoms with van der Waals surface area (Å²) in [5.41, 5.74) is 1.04. The lowest BCUT2D eigenvalue weighted by atomic mass is 10.1. The Morgan fingerprint density at radius 2 is 2.05 bits per heavy atom. The molecular formula is C15H19N5OS. The van der Waals surface area contributed by atoms with Crippen LogP contribution in [0.15, 0.2) is 12.4 Å². The first-order valence-electron chi connectivity index (χ1n) is 7.82. The van der Waals surface area contributed by atoms with E-state index in [1.807, 2.05) is 6.92 Å². The lowest BCUT2D eigenvalue weighted by molar-refractivity contribution is 0.164. The molecule has 1 aliphatic carbocycles. The summed E-state index contributed by atoms with van der Waals surface area (Å²) >= 11 is 1.51. The highest BCUT2D eigenvalue weighted by atomic mass is 32.1. The standard InChI is InChI=1S/C15H19N5OS/c1-10-7-16-14(17-8-10)21-12-3-2-6-20(9-12)15-18-13(19-22-15)11-4-5-11/h7-8,11-12H,2-6,9H2,1H3. The predicted octanol–water partition coefficient (Wildman–Crippen LogP) is 2.56. The molecule has 4 rings (SSSR count). The average molecular weight is 317 g/mol. The molecule has 22 heavy (non-hydrogen) atoms. The highest BCUT2D eigenvalue weighted by Crippen LogP contribution is 2.40. The Hall–Kier alpha value is -1.76. The topological polar surface area (TPSA) is 64.0 Å². The van der Waals surface area contributed by atoms with Gasteiger partial charge in [0.1, 0.15) is 11.9 Å². The average Bonchev–Trinajstić information content (AvgIpc) is 3.27. The minimum absolute atomic E-state index is 0.115. The highest BCUT2D eigenvalue weighted by molar-refractivity contribution is 7.09. The summed E-state index contributed by atoms with van der Waals surface area (Å²) in [7, 11) is 0. The molecule has 0 bridgehead atoms. The molecule has 3 heterocycles. The Morgan fingerprint density at radius 3 is 2.82 bits per heavy atom. The molecule has 2 aliphatic rings. The van der Waals surface area contributed by atoms with Crippen molar-refractivity contribution >= 4 is 16.7 Å². The minimum atomic E-state index is 0.115. The molecule has 2 aromatic heterocycles. The number of piperidine rings is 1. The van der Waals surface area contributed by atoms with Crippen LogP contribution >= 0.6 is 11.5 Å². The fourth-order valence-corrected chi connectivity index (χ4v) is 3.44. The predicted molar refractivity (Wildman–Crippen MR) is 84.5 cm³/mol. The van der Waals surface area contributed by atoms with Crippen molar-refractivity contribution in [3.63, 3.8) is 0 Å². The molecule has 1 saturated heterocycles. The van der Waals surface area contributed by atoms with Crippen molar-refractivity contribution < 1.29 is 4.74 Å². The molecule has 0 N–H and O–H groups in total. The fraction of sp³-hybridized carbons (Fsp3) is 0.600. The zero-order valence-corrected chi connectivity index (χ0v) is 13.4. The van der Waals surface area contributed by atoms with Crippen LogP contribution in [0.3, 0.4) is 0 Å². The van der Waals surface area contributed by atoms with Crippen LogP contribution in [0.5, 0.6) is 6.01 Å². The first-order chi connectivity index (χ1) is 10.8. The van der Waals surface area contributed by atoms with Crippen molar-refractivity contribution in [2.75, 3.05) is 18.0 Å². The second-order valence-corrected chi connectivity index (χ2v) is 6.81. The minimum Gasteiger partial charge on any atom is -0.458 e. The first kappa shape index (κ1) is 13.9. The fourth-order valence-electron chi connectivity index (χ4n) is 2.66. The van der Waals surface area contributed by atoms with Gasteiger partial charge in [-0.1, -0.05) is 0 Å². The maximum absolute atomic E-state index is 5.92. The van der Waals surface area contributed by atoms with E-state index < -0.39 is 0 Å². The van der Waals surface area contributed by atoms with E-state index in [0.717, 1.165) is 42.5 Å². The molecule has 1 aliphatic heterocycles. The van der Waals surface area contributed by atoms with E-state index in [2.05, 4.69) is 19.2 Å². The smallest absolute Gasteiger partial charge is 0.316 e. The summed E-state index contributed by atoms with van der Waals surface area (Å²) in [4.78, 5) is 15.4. The SMILES string of the molecule is Cc1cnc(OC2CCCN(c3nc(C4CC4)ns3)C2)nc1. The monoisotopic (exact) mass is 317 g/mol. The number of hydrogen-bond acceptors (Lipinski definition) is 7. The van der Waals surface area contributed by atoms with Gasteiger partial charge in [-0.25, -0.2) is 15.0 Å². The molecule has 2 aromatic rings. The Morgan fingerprint density at radius 1 is 1.23 bits per heavy atom. The molecule has 6 nitrogen and oxygen atoms in total. The molecule has 0 spiro atoms. The van der Waals surface area contributed by atoms with Crippen LogP contribution in [0, 0.1) is 6.92 Å². The van der Waals surface area contributed by atoms with E-state index in [1.165, 1.54) is 24.4 Å². The van der Waals surface area contributed by atoms with Crippen LogP contribution < -0.4 is 9.64 Å². The van der Waals surface area contributed by atoms with Gasteiger partial charge in [-0.3, -0.25) is 0 Å². The van der Waals surface area contributed by atoms with Gasteiger partial charge >= 0.3 is 6.01 Å². The van der Waals surface area contributed by atoms with Gasteiger partial charge < -0.3 is 9.64 Å². The lowest BCUT2D eigenvalue weighted by Gasteiger charge is -2.31. The number of rotatable bonds is 4. The van der Waals surface area contributed by atoms with Crippen molar-refractivity contribution in [2.24, 2.45) is 0 Å². The van der Waals surface area contributed by atoms with Crippen molar-refractivity contribution in [2.45, 2.75) is 44.6 Å². The molecule has 2 fully saturated rings. The summed E-state index contributed by atoms with van der Waals surface area (Å²) in [5, 5.41) is 1.03. The number of nitrogens with zero attached hydrogens (tertiary/aromatic N) is 5. The summed E-state index contributed by atoms with van der Waals surface area (Å²) in [6, 6.07) is 0.466. The lowest BCUT2D eigenvalue weighted by Crippen LogP contribution is -2.41. The largest absolute Gasteiger partial charge is 0.458 e. The first-order valence-corrected chi connectivity index (χ1v) is 8.59. The third-order valence-corrected chi connectivity index (χ3v) is 4.84. The molecule has 1 unspecified atom stereocenters. The van der Waals surface area contributed by atoms with E-state index in [1.54, 1.807) is 12.4 Å². The molecule has 116 valence electrons. The van der Waals surface area contributed by atoms with Crippen molar-refractivity contribution in [3.8, 4) is 6.01 Å². The zero-order valence-electron chi connectivity index (χ0n) is 12.6. The van der Waals surface area contributed by atoms with E-state index in [4.69, 9.17) is 9.72 Å². The number of ether oxygens (including phenoxy) is 1. The van der Waals surface area contributed by atoms with E-state index in [-0.39, 0.29) is 6.10 Å². The molecule has 0 radical (unpaired) electrons. The second-order valence-electron chi connectivity index (χ2n) is 6.08. The summed E-state index contributed by atoms with van der Waals surface area (Å²) < 4.78 is 10.4. The summed E-state index contributed by atoms with van der Waals surface area (Å²) in [5.74, 6) is 1.65.